The number of para-hydroxylation sites is 1. The Morgan fingerprint density at radius 2 is 2.08 bits per heavy atom. The minimum atomic E-state index is -0.701. The monoisotopic (exact) mass is 342 g/mol. The predicted molar refractivity (Wildman–Crippen MR) is 90.8 cm³/mol. The number of nitrogens with zero attached hydrogens (tertiary/aromatic N) is 2. The van der Waals surface area contributed by atoms with E-state index in [4.69, 9.17) is 4.74 Å². The number of phenolic OH excluding ortho intramolecular Hbond substituents is 1. The molecule has 25 heavy (non-hydrogen) atoms. The Labute approximate surface area is 144 Å². The van der Waals surface area contributed by atoms with Crippen LogP contribution in [-0.4, -0.2) is 34.5 Å². The van der Waals surface area contributed by atoms with E-state index in [2.05, 4.69) is 0 Å². The molecule has 0 spiro atoms. The summed E-state index contributed by atoms with van der Waals surface area (Å²) in [5.74, 6) is -0.0374. The molecule has 1 saturated heterocycles. The molecule has 0 radical (unpaired) electrons. The molecule has 130 valence electrons. The summed E-state index contributed by atoms with van der Waals surface area (Å²) in [4.78, 5) is 24.9. The number of nitro groups is 1. The minimum absolute atomic E-state index is 0.142. The van der Waals surface area contributed by atoms with Crippen LogP contribution in [0.1, 0.15) is 34.8 Å². The number of nitro benzene ring substituents is 1. The molecule has 1 fully saturated rings. The molecule has 2 aromatic carbocycles. The lowest BCUT2D eigenvalue weighted by atomic mass is 10.0. The number of hydrogen-bond donors (Lipinski definition) is 1. The molecule has 1 aliphatic rings. The number of amides is 1. The van der Waals surface area contributed by atoms with Gasteiger partial charge < -0.3 is 14.7 Å². The van der Waals surface area contributed by atoms with E-state index < -0.39 is 16.4 Å². The van der Waals surface area contributed by atoms with Gasteiger partial charge in [-0.2, -0.15) is 0 Å². The molecule has 7 heteroatoms. The molecule has 7 nitrogen and oxygen atoms in total. The number of phenols is 1. The fourth-order valence-electron chi connectivity index (χ4n) is 3.24. The normalized spacial score (nSPS) is 16.7. The first-order chi connectivity index (χ1) is 12.0. The second-order valence-corrected chi connectivity index (χ2v) is 5.86. The van der Waals surface area contributed by atoms with Crippen molar-refractivity contribution < 1.29 is 19.6 Å². The molecule has 0 bridgehead atoms. The van der Waals surface area contributed by atoms with Crippen LogP contribution in [0.25, 0.3) is 0 Å². The van der Waals surface area contributed by atoms with Crippen molar-refractivity contribution in [1.29, 1.82) is 0 Å². The van der Waals surface area contributed by atoms with E-state index in [1.807, 2.05) is 24.3 Å². The molecule has 0 saturated carbocycles. The minimum Gasteiger partial charge on any atom is -0.502 e. The maximum absolute atomic E-state index is 12.9. The van der Waals surface area contributed by atoms with E-state index in [1.54, 1.807) is 12.0 Å². The summed E-state index contributed by atoms with van der Waals surface area (Å²) in [6.45, 7) is 0.566. The number of methoxy groups -OCH3 is 1. The van der Waals surface area contributed by atoms with Crippen molar-refractivity contribution >= 4 is 11.6 Å². The standard InChI is InChI=1S/C18H18N2O5/c1-25-17-7-3-2-5-13(17)14-6-4-10-19(14)18(22)12-8-9-16(21)15(11-12)20(23)24/h2-3,5,7-9,11,14,21H,4,6,10H2,1H3/t14-/m0/s1. The number of carbonyl (C=O) groups excluding carboxylic acids is 1. The zero-order valence-corrected chi connectivity index (χ0v) is 13.7. The molecular formula is C18H18N2O5. The molecule has 1 amide bonds. The maximum Gasteiger partial charge on any atom is 0.311 e. The third-order valence-corrected chi connectivity index (χ3v) is 4.43. The van der Waals surface area contributed by atoms with Gasteiger partial charge in [0.05, 0.1) is 18.1 Å². The Kier molecular flexibility index (Phi) is 4.56. The van der Waals surface area contributed by atoms with E-state index in [9.17, 15) is 20.0 Å². The van der Waals surface area contributed by atoms with Crippen LogP contribution in [0.5, 0.6) is 11.5 Å². The van der Waals surface area contributed by atoms with Crippen molar-refractivity contribution in [3.05, 3.63) is 63.7 Å². The zero-order valence-electron chi connectivity index (χ0n) is 13.7. The van der Waals surface area contributed by atoms with Gasteiger partial charge in [0.2, 0.25) is 0 Å². The highest BCUT2D eigenvalue weighted by molar-refractivity contribution is 5.95. The Hall–Kier alpha value is -3.09. The molecule has 0 unspecified atom stereocenters. The van der Waals surface area contributed by atoms with Gasteiger partial charge in [0.1, 0.15) is 5.75 Å². The fraction of sp³-hybridized carbons (Fsp3) is 0.278. The molecular weight excluding hydrogens is 324 g/mol. The Morgan fingerprint density at radius 3 is 2.80 bits per heavy atom. The number of rotatable bonds is 4. The molecule has 1 N–H and O–H groups in total. The van der Waals surface area contributed by atoms with Gasteiger partial charge in [-0.1, -0.05) is 18.2 Å². The van der Waals surface area contributed by atoms with Crippen molar-refractivity contribution in [3.63, 3.8) is 0 Å². The van der Waals surface area contributed by atoms with Crippen molar-refractivity contribution in [1.82, 2.24) is 4.90 Å². The van der Waals surface area contributed by atoms with Gasteiger partial charge in [-0.15, -0.1) is 0 Å². The number of ether oxygens (including phenoxy) is 1. The van der Waals surface area contributed by atoms with Crippen LogP contribution in [0.3, 0.4) is 0 Å². The van der Waals surface area contributed by atoms with E-state index in [1.165, 1.54) is 12.1 Å². The SMILES string of the molecule is COc1ccccc1[C@@H]1CCCN1C(=O)c1ccc(O)c([N+](=O)[O-])c1. The number of aromatic hydroxyl groups is 1. The predicted octanol–water partition coefficient (Wildman–Crippen LogP) is 3.29. The summed E-state index contributed by atoms with van der Waals surface area (Å²) in [5, 5.41) is 20.6. The molecule has 1 heterocycles. The second kappa shape index (κ2) is 6.80. The summed E-state index contributed by atoms with van der Waals surface area (Å²) in [5.41, 5.74) is 0.634. The number of hydrogen-bond acceptors (Lipinski definition) is 5. The lowest BCUT2D eigenvalue weighted by Gasteiger charge is -2.26. The van der Waals surface area contributed by atoms with Crippen molar-refractivity contribution in [2.24, 2.45) is 0 Å². The highest BCUT2D eigenvalue weighted by Crippen LogP contribution is 2.38. The quantitative estimate of drug-likeness (QED) is 0.680. The van der Waals surface area contributed by atoms with E-state index >= 15 is 0 Å². The van der Waals surface area contributed by atoms with Crippen LogP contribution in [0.2, 0.25) is 0 Å². The Bertz CT molecular complexity index is 821. The summed E-state index contributed by atoms with van der Waals surface area (Å²) >= 11 is 0. The van der Waals surface area contributed by atoms with E-state index in [0.717, 1.165) is 24.5 Å². The first-order valence-corrected chi connectivity index (χ1v) is 7.94. The van der Waals surface area contributed by atoms with Crippen LogP contribution < -0.4 is 4.74 Å². The third-order valence-electron chi connectivity index (χ3n) is 4.43. The topological polar surface area (TPSA) is 92.9 Å². The number of likely N-dealkylation sites (tertiary alicyclic amines) is 1. The largest absolute Gasteiger partial charge is 0.502 e. The van der Waals surface area contributed by atoms with Gasteiger partial charge in [0.15, 0.2) is 5.75 Å². The van der Waals surface area contributed by atoms with Crippen molar-refractivity contribution in [2.75, 3.05) is 13.7 Å². The average Bonchev–Trinajstić information content (AvgIpc) is 3.10. The molecule has 1 aliphatic heterocycles. The maximum atomic E-state index is 12.9. The number of carbonyl (C=O) groups is 1. The highest BCUT2D eigenvalue weighted by Gasteiger charge is 2.33. The van der Waals surface area contributed by atoms with Gasteiger partial charge >= 0.3 is 5.69 Å². The van der Waals surface area contributed by atoms with Crippen LogP contribution >= 0.6 is 0 Å². The fourth-order valence-corrected chi connectivity index (χ4v) is 3.24. The summed E-state index contributed by atoms with van der Waals surface area (Å²) in [6, 6.07) is 11.1. The first-order valence-electron chi connectivity index (χ1n) is 7.94. The average molecular weight is 342 g/mol. The van der Waals surface area contributed by atoms with Crippen LogP contribution in [-0.2, 0) is 0 Å². The summed E-state index contributed by atoms with van der Waals surface area (Å²) in [7, 11) is 1.59. The zero-order chi connectivity index (χ0) is 18.0. The second-order valence-electron chi connectivity index (χ2n) is 5.86. The van der Waals surface area contributed by atoms with Crippen molar-refractivity contribution in [2.45, 2.75) is 18.9 Å². The van der Waals surface area contributed by atoms with Crippen molar-refractivity contribution in [3.8, 4) is 11.5 Å². The van der Waals surface area contributed by atoms with Gasteiger partial charge in [-0.3, -0.25) is 14.9 Å². The molecule has 3 rings (SSSR count). The van der Waals surface area contributed by atoms with E-state index in [0.29, 0.717) is 12.3 Å². The highest BCUT2D eigenvalue weighted by atomic mass is 16.6. The van der Waals surface area contributed by atoms with Gasteiger partial charge in [0.25, 0.3) is 5.91 Å². The third kappa shape index (κ3) is 3.13. The molecule has 1 atom stereocenters. The first kappa shape index (κ1) is 16.8. The van der Waals surface area contributed by atoms with Gasteiger partial charge in [0, 0.05) is 23.7 Å². The van der Waals surface area contributed by atoms with E-state index in [-0.39, 0.29) is 17.5 Å². The Morgan fingerprint density at radius 1 is 1.32 bits per heavy atom. The molecule has 2 aromatic rings. The Balaban J connectivity index is 1.94. The molecule has 0 aromatic heterocycles. The summed E-state index contributed by atoms with van der Waals surface area (Å²) in [6.07, 6.45) is 1.64. The van der Waals surface area contributed by atoms with Crippen LogP contribution in [0, 0.1) is 10.1 Å². The van der Waals surface area contributed by atoms with Crippen LogP contribution in [0.4, 0.5) is 5.69 Å². The molecule has 0 aliphatic carbocycles. The summed E-state index contributed by atoms with van der Waals surface area (Å²) < 4.78 is 5.40. The van der Waals surface area contributed by atoms with Gasteiger partial charge in [-0.25, -0.2) is 0 Å². The number of benzene rings is 2. The lowest BCUT2D eigenvalue weighted by molar-refractivity contribution is -0.385. The smallest absolute Gasteiger partial charge is 0.311 e. The van der Waals surface area contributed by atoms with Crippen LogP contribution in [0.15, 0.2) is 42.5 Å². The lowest BCUT2D eigenvalue weighted by Crippen LogP contribution is -2.30. The van der Waals surface area contributed by atoms with Gasteiger partial charge in [-0.05, 0) is 31.0 Å².